The van der Waals surface area contributed by atoms with Gasteiger partial charge in [-0.25, -0.2) is 4.98 Å². The zero-order chi connectivity index (χ0) is 17.4. The molecule has 1 aromatic heterocycles. The Kier molecular flexibility index (Phi) is 4.56. The number of aromatic nitrogens is 1. The number of hydrogen-bond donors (Lipinski definition) is 1. The standard InChI is InChI=1S/C19H17IN2O2S/c1-23-12-5-3-11(4-6-12)17-13-8-10-16-18(21-19(22-20)25-16)14(13)7-9-15(17)24-2/h3-7,9H,8,10H2,1-2H3,(H,21,22). The molecule has 0 atom stereocenters. The summed E-state index contributed by atoms with van der Waals surface area (Å²) in [5.74, 6) is 1.75. The summed E-state index contributed by atoms with van der Waals surface area (Å²) in [6, 6.07) is 12.3. The van der Waals surface area contributed by atoms with E-state index in [2.05, 4.69) is 44.6 Å². The van der Waals surface area contributed by atoms with Gasteiger partial charge in [0.2, 0.25) is 0 Å². The second-order valence-electron chi connectivity index (χ2n) is 5.78. The second kappa shape index (κ2) is 6.84. The summed E-state index contributed by atoms with van der Waals surface area (Å²) in [6.45, 7) is 0. The lowest BCUT2D eigenvalue weighted by atomic mass is 9.86. The molecule has 0 saturated carbocycles. The SMILES string of the molecule is COc1ccc(-c2c(OC)ccc3c2CCc2sc(NI)nc2-3)cc1. The van der Waals surface area contributed by atoms with Crippen LogP contribution in [0.3, 0.4) is 0 Å². The van der Waals surface area contributed by atoms with Crippen molar-refractivity contribution in [3.05, 3.63) is 46.8 Å². The van der Waals surface area contributed by atoms with Gasteiger partial charge in [0.1, 0.15) is 11.5 Å². The molecule has 0 fully saturated rings. The Morgan fingerprint density at radius 2 is 1.84 bits per heavy atom. The molecule has 4 rings (SSSR count). The van der Waals surface area contributed by atoms with E-state index in [0.717, 1.165) is 46.3 Å². The number of methoxy groups -OCH3 is 2. The minimum atomic E-state index is 0.854. The maximum atomic E-state index is 5.67. The summed E-state index contributed by atoms with van der Waals surface area (Å²) in [5, 5.41) is 0.959. The van der Waals surface area contributed by atoms with Crippen LogP contribution in [-0.4, -0.2) is 19.2 Å². The molecule has 1 aliphatic carbocycles. The third kappa shape index (κ3) is 2.87. The lowest BCUT2D eigenvalue weighted by Gasteiger charge is -2.21. The number of nitrogens with one attached hydrogen (secondary N) is 1. The lowest BCUT2D eigenvalue weighted by Crippen LogP contribution is -2.05. The van der Waals surface area contributed by atoms with Crippen LogP contribution in [0.1, 0.15) is 10.4 Å². The zero-order valence-electron chi connectivity index (χ0n) is 13.9. The number of fused-ring (bicyclic) bond motifs is 3. The van der Waals surface area contributed by atoms with Crippen molar-refractivity contribution in [2.75, 3.05) is 17.7 Å². The monoisotopic (exact) mass is 464 g/mol. The number of benzene rings is 2. The minimum Gasteiger partial charge on any atom is -0.497 e. The van der Waals surface area contributed by atoms with Crippen molar-refractivity contribution in [3.63, 3.8) is 0 Å². The van der Waals surface area contributed by atoms with Crippen molar-refractivity contribution < 1.29 is 9.47 Å². The molecular weight excluding hydrogens is 447 g/mol. The van der Waals surface area contributed by atoms with E-state index in [9.17, 15) is 0 Å². The van der Waals surface area contributed by atoms with Gasteiger partial charge in [0.15, 0.2) is 5.13 Å². The van der Waals surface area contributed by atoms with Gasteiger partial charge >= 0.3 is 0 Å². The summed E-state index contributed by atoms with van der Waals surface area (Å²) in [6.07, 6.45) is 2.00. The Labute approximate surface area is 164 Å². The molecule has 25 heavy (non-hydrogen) atoms. The van der Waals surface area contributed by atoms with E-state index < -0.39 is 0 Å². The molecule has 0 spiro atoms. The van der Waals surface area contributed by atoms with Gasteiger partial charge in [0.25, 0.3) is 0 Å². The number of nitrogens with zero attached hydrogens (tertiary/aromatic N) is 1. The van der Waals surface area contributed by atoms with Crippen LogP contribution in [0.15, 0.2) is 36.4 Å². The van der Waals surface area contributed by atoms with Gasteiger partial charge in [0.05, 0.1) is 42.8 Å². The molecular formula is C19H17IN2O2S. The molecule has 6 heteroatoms. The maximum Gasteiger partial charge on any atom is 0.192 e. The summed E-state index contributed by atoms with van der Waals surface area (Å²) in [5.41, 5.74) is 5.91. The topological polar surface area (TPSA) is 43.4 Å². The van der Waals surface area contributed by atoms with Crippen molar-refractivity contribution in [1.29, 1.82) is 0 Å². The molecule has 0 saturated heterocycles. The number of hydrogen-bond acceptors (Lipinski definition) is 5. The van der Waals surface area contributed by atoms with Crippen LogP contribution in [0.25, 0.3) is 22.4 Å². The molecule has 1 heterocycles. The van der Waals surface area contributed by atoms with Crippen molar-refractivity contribution in [2.45, 2.75) is 12.8 Å². The Morgan fingerprint density at radius 1 is 1.04 bits per heavy atom. The van der Waals surface area contributed by atoms with E-state index in [1.54, 1.807) is 25.6 Å². The molecule has 0 unspecified atom stereocenters. The van der Waals surface area contributed by atoms with Crippen LogP contribution in [0.5, 0.6) is 11.5 Å². The highest BCUT2D eigenvalue weighted by Gasteiger charge is 2.25. The third-order valence-corrected chi connectivity index (χ3v) is 6.42. The summed E-state index contributed by atoms with van der Waals surface area (Å²) in [7, 11) is 3.41. The quantitative estimate of drug-likeness (QED) is 0.418. The average Bonchev–Trinajstić information content (AvgIpc) is 3.11. The van der Waals surface area contributed by atoms with Crippen LogP contribution in [0, 0.1) is 0 Å². The Balaban J connectivity index is 1.90. The van der Waals surface area contributed by atoms with Crippen molar-refractivity contribution in [2.24, 2.45) is 0 Å². The Bertz CT molecular complexity index is 922. The average molecular weight is 464 g/mol. The fourth-order valence-electron chi connectivity index (χ4n) is 3.36. The first kappa shape index (κ1) is 16.7. The summed E-state index contributed by atoms with van der Waals surface area (Å²) in [4.78, 5) is 6.11. The number of thiazole rings is 1. The maximum absolute atomic E-state index is 5.67. The van der Waals surface area contributed by atoms with Gasteiger partial charge in [-0.1, -0.05) is 12.1 Å². The van der Waals surface area contributed by atoms with Crippen molar-refractivity contribution in [1.82, 2.24) is 4.98 Å². The van der Waals surface area contributed by atoms with Gasteiger partial charge in [0, 0.05) is 16.0 Å². The predicted molar refractivity (Wildman–Crippen MR) is 111 cm³/mol. The van der Waals surface area contributed by atoms with E-state index >= 15 is 0 Å². The molecule has 2 aromatic carbocycles. The van der Waals surface area contributed by atoms with Gasteiger partial charge in [-0.3, -0.25) is 0 Å². The molecule has 0 bridgehead atoms. The van der Waals surface area contributed by atoms with Gasteiger partial charge < -0.3 is 13.0 Å². The summed E-state index contributed by atoms with van der Waals surface area (Å²) >= 11 is 3.87. The van der Waals surface area contributed by atoms with Gasteiger partial charge in [-0.2, -0.15) is 0 Å². The van der Waals surface area contributed by atoms with Crippen molar-refractivity contribution >= 4 is 39.3 Å². The molecule has 1 N–H and O–H groups in total. The zero-order valence-corrected chi connectivity index (χ0v) is 16.9. The smallest absolute Gasteiger partial charge is 0.192 e. The normalized spacial score (nSPS) is 12.3. The van der Waals surface area contributed by atoms with E-state index in [1.165, 1.54) is 16.0 Å². The number of aryl methyl sites for hydroxylation is 1. The first-order valence-electron chi connectivity index (χ1n) is 7.96. The lowest BCUT2D eigenvalue weighted by molar-refractivity contribution is 0.414. The first-order chi connectivity index (χ1) is 12.2. The van der Waals surface area contributed by atoms with Crippen LogP contribution < -0.4 is 13.0 Å². The number of ether oxygens (including phenoxy) is 2. The highest BCUT2D eigenvalue weighted by molar-refractivity contribution is 14.1. The van der Waals surface area contributed by atoms with Crippen LogP contribution in [0.2, 0.25) is 0 Å². The summed E-state index contributed by atoms with van der Waals surface area (Å²) < 4.78 is 14.1. The molecule has 0 aliphatic heterocycles. The second-order valence-corrected chi connectivity index (χ2v) is 7.41. The fourth-order valence-corrected chi connectivity index (χ4v) is 4.68. The molecule has 4 nitrogen and oxygen atoms in total. The van der Waals surface area contributed by atoms with Crippen LogP contribution in [-0.2, 0) is 12.8 Å². The first-order valence-corrected chi connectivity index (χ1v) is 9.85. The number of anilines is 1. The number of rotatable bonds is 4. The molecule has 3 aromatic rings. The molecule has 0 radical (unpaired) electrons. The Morgan fingerprint density at radius 3 is 2.52 bits per heavy atom. The van der Waals surface area contributed by atoms with Crippen molar-refractivity contribution in [3.8, 4) is 33.9 Å². The third-order valence-electron chi connectivity index (χ3n) is 4.51. The highest BCUT2D eigenvalue weighted by Crippen LogP contribution is 2.45. The van der Waals surface area contributed by atoms with Crippen LogP contribution >= 0.6 is 34.2 Å². The highest BCUT2D eigenvalue weighted by atomic mass is 127. The number of halogens is 1. The Hall–Kier alpha value is -1.80. The molecule has 1 aliphatic rings. The van der Waals surface area contributed by atoms with Crippen LogP contribution in [0.4, 0.5) is 5.13 Å². The van der Waals surface area contributed by atoms with E-state index in [0.29, 0.717) is 0 Å². The largest absolute Gasteiger partial charge is 0.497 e. The van der Waals surface area contributed by atoms with E-state index in [4.69, 9.17) is 14.5 Å². The van der Waals surface area contributed by atoms with E-state index in [-0.39, 0.29) is 0 Å². The fraction of sp³-hybridized carbons (Fsp3) is 0.211. The van der Waals surface area contributed by atoms with Gasteiger partial charge in [-0.15, -0.1) is 11.3 Å². The van der Waals surface area contributed by atoms with E-state index in [1.807, 2.05) is 18.2 Å². The molecule has 128 valence electrons. The van der Waals surface area contributed by atoms with Gasteiger partial charge in [-0.05, 0) is 48.2 Å². The predicted octanol–water partition coefficient (Wildman–Crippen LogP) is 5.35. The molecule has 0 amide bonds. The minimum absolute atomic E-state index is 0.854.